The fourth-order valence-electron chi connectivity index (χ4n) is 2.44. The van der Waals surface area contributed by atoms with Crippen LogP contribution in [-0.4, -0.2) is 24.2 Å². The summed E-state index contributed by atoms with van der Waals surface area (Å²) in [4.78, 5) is 13.1. The van der Waals surface area contributed by atoms with Crippen molar-refractivity contribution in [3.63, 3.8) is 0 Å². The fourth-order valence-corrected chi connectivity index (χ4v) is 3.14. The molecule has 0 unspecified atom stereocenters. The molecule has 0 bridgehead atoms. The minimum atomic E-state index is 0.0145. The van der Waals surface area contributed by atoms with Gasteiger partial charge in [0.15, 0.2) is 0 Å². The number of ether oxygens (including phenoxy) is 1. The summed E-state index contributed by atoms with van der Waals surface area (Å²) < 4.78 is 7.26. The molecule has 0 aliphatic heterocycles. The second kappa shape index (κ2) is 6.77. The van der Waals surface area contributed by atoms with Crippen molar-refractivity contribution in [2.45, 2.75) is 13.0 Å². The van der Waals surface area contributed by atoms with Gasteiger partial charge in [-0.05, 0) is 35.7 Å². The fraction of sp³-hybridized carbons (Fsp3) is 0.235. The number of rotatable bonds is 6. The number of aromatic nitrogens is 1. The zero-order chi connectivity index (χ0) is 15.4. The summed E-state index contributed by atoms with van der Waals surface area (Å²) in [7, 11) is 1.70. The summed E-state index contributed by atoms with van der Waals surface area (Å²) >= 11 is 1.60. The molecule has 1 aromatic carbocycles. The highest BCUT2D eigenvalue weighted by molar-refractivity contribution is 7.10. The molecule has 0 radical (unpaired) electrons. The Morgan fingerprint density at radius 3 is 3.00 bits per heavy atom. The Morgan fingerprint density at radius 2 is 2.23 bits per heavy atom. The topological polar surface area (TPSA) is 43.3 Å². The summed E-state index contributed by atoms with van der Waals surface area (Å²) in [5.41, 5.74) is 1.98. The Bertz CT molecular complexity index is 762. The third-order valence-corrected chi connectivity index (χ3v) is 4.38. The maximum absolute atomic E-state index is 12.0. The predicted molar refractivity (Wildman–Crippen MR) is 90.5 cm³/mol. The van der Waals surface area contributed by atoms with Crippen molar-refractivity contribution < 1.29 is 9.53 Å². The molecule has 0 spiro atoms. The second-order valence-electron chi connectivity index (χ2n) is 5.08. The highest BCUT2D eigenvalue weighted by Crippen LogP contribution is 2.21. The van der Waals surface area contributed by atoms with Gasteiger partial charge in [0.2, 0.25) is 5.91 Å². The van der Waals surface area contributed by atoms with Gasteiger partial charge in [0, 0.05) is 41.3 Å². The van der Waals surface area contributed by atoms with E-state index in [9.17, 15) is 4.79 Å². The Labute approximate surface area is 133 Å². The quantitative estimate of drug-likeness (QED) is 0.756. The first-order valence-corrected chi connectivity index (χ1v) is 8.04. The van der Waals surface area contributed by atoms with Gasteiger partial charge in [0.1, 0.15) is 0 Å². The molecule has 3 rings (SSSR count). The Morgan fingerprint density at radius 1 is 1.32 bits per heavy atom. The number of carbonyl (C=O) groups excluding carboxylic acids is 1. The number of methoxy groups -OCH3 is 1. The molecule has 5 heteroatoms. The third kappa shape index (κ3) is 3.37. The average Bonchev–Trinajstić information content (AvgIpc) is 3.14. The van der Waals surface area contributed by atoms with E-state index in [0.717, 1.165) is 28.0 Å². The molecule has 2 aromatic heterocycles. The van der Waals surface area contributed by atoms with E-state index in [1.54, 1.807) is 18.4 Å². The maximum Gasteiger partial charge on any atom is 0.229 e. The number of thiophene rings is 1. The van der Waals surface area contributed by atoms with Gasteiger partial charge in [-0.1, -0.05) is 6.07 Å². The van der Waals surface area contributed by atoms with E-state index in [1.165, 1.54) is 0 Å². The third-order valence-electron chi connectivity index (χ3n) is 3.51. The van der Waals surface area contributed by atoms with Gasteiger partial charge in [-0.3, -0.25) is 4.79 Å². The highest BCUT2D eigenvalue weighted by Gasteiger charge is 2.07. The molecular weight excluding hydrogens is 296 g/mol. The zero-order valence-corrected chi connectivity index (χ0v) is 13.2. The largest absolute Gasteiger partial charge is 0.383 e. The van der Waals surface area contributed by atoms with Crippen LogP contribution in [0.3, 0.4) is 0 Å². The average molecular weight is 314 g/mol. The van der Waals surface area contributed by atoms with Gasteiger partial charge < -0.3 is 14.6 Å². The molecule has 0 saturated carbocycles. The van der Waals surface area contributed by atoms with Crippen molar-refractivity contribution in [1.82, 2.24) is 4.57 Å². The molecule has 0 aliphatic carbocycles. The molecule has 114 valence electrons. The molecule has 3 aromatic rings. The lowest BCUT2D eigenvalue weighted by atomic mass is 10.2. The smallest absolute Gasteiger partial charge is 0.229 e. The molecule has 0 fully saturated rings. The lowest BCUT2D eigenvalue weighted by Gasteiger charge is -2.07. The van der Waals surface area contributed by atoms with Crippen LogP contribution in [0, 0.1) is 0 Å². The normalized spacial score (nSPS) is 11.0. The zero-order valence-electron chi connectivity index (χ0n) is 12.4. The number of fused-ring (bicyclic) bond motifs is 1. The van der Waals surface area contributed by atoms with Crippen LogP contribution in [0.25, 0.3) is 10.9 Å². The SMILES string of the molecule is COCCn1ccc2cc(NC(=O)Cc3cccs3)ccc21. The summed E-state index contributed by atoms with van der Waals surface area (Å²) in [5.74, 6) is 0.0145. The molecular formula is C17H18N2O2S. The van der Waals surface area contributed by atoms with Crippen LogP contribution in [0.4, 0.5) is 5.69 Å². The molecule has 0 aliphatic rings. The van der Waals surface area contributed by atoms with Crippen LogP contribution in [0.15, 0.2) is 48.0 Å². The van der Waals surface area contributed by atoms with E-state index in [4.69, 9.17) is 4.74 Å². The van der Waals surface area contributed by atoms with Crippen LogP contribution in [0.5, 0.6) is 0 Å². The highest BCUT2D eigenvalue weighted by atomic mass is 32.1. The van der Waals surface area contributed by atoms with Crippen molar-refractivity contribution >= 4 is 33.8 Å². The van der Waals surface area contributed by atoms with Crippen molar-refractivity contribution in [2.24, 2.45) is 0 Å². The van der Waals surface area contributed by atoms with Crippen LogP contribution in [0.2, 0.25) is 0 Å². The molecule has 1 amide bonds. The van der Waals surface area contributed by atoms with Crippen LogP contribution < -0.4 is 5.32 Å². The summed E-state index contributed by atoms with van der Waals surface area (Å²) in [6, 6.07) is 12.0. The number of carbonyl (C=O) groups is 1. The Balaban J connectivity index is 1.71. The van der Waals surface area contributed by atoms with E-state index in [-0.39, 0.29) is 5.91 Å². The number of amides is 1. The minimum absolute atomic E-state index is 0.0145. The Hall–Kier alpha value is -2.11. The summed E-state index contributed by atoms with van der Waals surface area (Å²) in [6.07, 6.45) is 2.46. The van der Waals surface area contributed by atoms with Gasteiger partial charge in [0.25, 0.3) is 0 Å². The van der Waals surface area contributed by atoms with Gasteiger partial charge in [0.05, 0.1) is 13.0 Å². The van der Waals surface area contributed by atoms with E-state index in [1.807, 2.05) is 41.9 Å². The number of nitrogens with zero attached hydrogens (tertiary/aromatic N) is 1. The number of nitrogens with one attached hydrogen (secondary N) is 1. The maximum atomic E-state index is 12.0. The predicted octanol–water partition coefficient (Wildman–Crippen LogP) is 3.53. The molecule has 4 nitrogen and oxygen atoms in total. The summed E-state index contributed by atoms with van der Waals surface area (Å²) in [6.45, 7) is 1.51. The van der Waals surface area contributed by atoms with E-state index in [0.29, 0.717) is 13.0 Å². The van der Waals surface area contributed by atoms with E-state index >= 15 is 0 Å². The molecule has 0 atom stereocenters. The Kier molecular flexibility index (Phi) is 4.56. The molecule has 2 heterocycles. The van der Waals surface area contributed by atoms with E-state index < -0.39 is 0 Å². The van der Waals surface area contributed by atoms with Crippen molar-refractivity contribution in [3.8, 4) is 0 Å². The lowest BCUT2D eigenvalue weighted by molar-refractivity contribution is -0.115. The first-order chi connectivity index (χ1) is 10.8. The van der Waals surface area contributed by atoms with Gasteiger partial charge >= 0.3 is 0 Å². The number of hydrogen-bond donors (Lipinski definition) is 1. The van der Waals surface area contributed by atoms with Crippen LogP contribution in [0.1, 0.15) is 4.88 Å². The number of hydrogen-bond acceptors (Lipinski definition) is 3. The van der Waals surface area contributed by atoms with Crippen molar-refractivity contribution in [2.75, 3.05) is 19.0 Å². The van der Waals surface area contributed by atoms with Gasteiger partial charge in [-0.15, -0.1) is 11.3 Å². The standard InChI is InChI=1S/C17H18N2O2S/c1-21-9-8-19-7-6-13-11-14(4-5-16(13)19)18-17(20)12-15-3-2-10-22-15/h2-7,10-11H,8-9,12H2,1H3,(H,18,20). The van der Waals surface area contributed by atoms with Gasteiger partial charge in [-0.25, -0.2) is 0 Å². The van der Waals surface area contributed by atoms with Crippen molar-refractivity contribution in [1.29, 1.82) is 0 Å². The monoisotopic (exact) mass is 314 g/mol. The number of anilines is 1. The van der Waals surface area contributed by atoms with Gasteiger partial charge in [-0.2, -0.15) is 0 Å². The lowest BCUT2D eigenvalue weighted by Crippen LogP contribution is -2.13. The summed E-state index contributed by atoms with van der Waals surface area (Å²) in [5, 5.41) is 6.06. The number of benzene rings is 1. The van der Waals surface area contributed by atoms with Crippen LogP contribution in [-0.2, 0) is 22.5 Å². The molecule has 0 saturated heterocycles. The van der Waals surface area contributed by atoms with Crippen LogP contribution >= 0.6 is 11.3 Å². The minimum Gasteiger partial charge on any atom is -0.383 e. The first kappa shape index (κ1) is 14.8. The molecule has 1 N–H and O–H groups in total. The van der Waals surface area contributed by atoms with E-state index in [2.05, 4.69) is 16.0 Å². The first-order valence-electron chi connectivity index (χ1n) is 7.16. The second-order valence-corrected chi connectivity index (χ2v) is 6.11. The van der Waals surface area contributed by atoms with Crippen molar-refractivity contribution in [3.05, 3.63) is 52.9 Å². The molecule has 22 heavy (non-hydrogen) atoms.